The van der Waals surface area contributed by atoms with E-state index >= 15 is 0 Å². The van der Waals surface area contributed by atoms with Gasteiger partial charge in [0.1, 0.15) is 0 Å². The first-order chi connectivity index (χ1) is 13.1. The van der Waals surface area contributed by atoms with Gasteiger partial charge in [0.15, 0.2) is 16.7 Å². The van der Waals surface area contributed by atoms with Gasteiger partial charge in [-0.2, -0.15) is 4.99 Å². The molecule has 7 nitrogen and oxygen atoms in total. The zero-order valence-corrected chi connectivity index (χ0v) is 17.0. The van der Waals surface area contributed by atoms with Gasteiger partial charge in [0.2, 0.25) is 5.75 Å². The number of amides is 1. The van der Waals surface area contributed by atoms with Crippen LogP contribution in [0.15, 0.2) is 22.0 Å². The molecule has 1 fully saturated rings. The van der Waals surface area contributed by atoms with Crippen molar-refractivity contribution in [2.24, 2.45) is 4.99 Å². The number of nitrogens with zero attached hydrogens (tertiary/aromatic N) is 3. The summed E-state index contributed by atoms with van der Waals surface area (Å²) in [4.78, 5) is 21.8. The Morgan fingerprint density at radius 2 is 1.70 bits per heavy atom. The lowest BCUT2D eigenvalue weighted by molar-refractivity contribution is -0.113. The van der Waals surface area contributed by atoms with E-state index < -0.39 is 0 Å². The summed E-state index contributed by atoms with van der Waals surface area (Å²) < 4.78 is 16.1. The number of rotatable bonds is 5. The Bertz CT molecular complexity index is 745. The number of carbonyl (C=O) groups excluding carboxylic acids is 1. The Balaban J connectivity index is 1.78. The van der Waals surface area contributed by atoms with Gasteiger partial charge in [0, 0.05) is 26.2 Å². The minimum absolute atomic E-state index is 0.207. The molecule has 0 saturated carbocycles. The first kappa shape index (κ1) is 19.6. The number of aliphatic imine (C=N–C) groups is 1. The van der Waals surface area contributed by atoms with Gasteiger partial charge in [-0.05, 0) is 42.1 Å². The lowest BCUT2D eigenvalue weighted by Gasteiger charge is -2.34. The highest BCUT2D eigenvalue weighted by Crippen LogP contribution is 2.40. The zero-order chi connectivity index (χ0) is 19.4. The van der Waals surface area contributed by atoms with Crippen LogP contribution < -0.4 is 14.2 Å². The molecule has 1 aromatic carbocycles. The maximum Gasteiger partial charge on any atom is 0.286 e. The average Bonchev–Trinajstić information content (AvgIpc) is 3.07. The number of methoxy groups -OCH3 is 3. The van der Waals surface area contributed by atoms with Crippen LogP contribution in [0, 0.1) is 0 Å². The average molecular weight is 391 g/mol. The topological polar surface area (TPSA) is 63.6 Å². The van der Waals surface area contributed by atoms with Crippen molar-refractivity contribution >= 4 is 28.9 Å². The number of hydrogen-bond acceptors (Lipinski definition) is 7. The van der Waals surface area contributed by atoms with Gasteiger partial charge in [-0.1, -0.05) is 6.92 Å². The molecule has 2 aliphatic rings. The summed E-state index contributed by atoms with van der Waals surface area (Å²) in [5.74, 6) is 1.42. The maximum atomic E-state index is 12.4. The van der Waals surface area contributed by atoms with Crippen LogP contribution in [0.5, 0.6) is 17.2 Å². The van der Waals surface area contributed by atoms with E-state index in [-0.39, 0.29) is 5.91 Å². The molecule has 1 amide bonds. The number of carbonyl (C=O) groups is 1. The molecule has 3 rings (SSSR count). The van der Waals surface area contributed by atoms with Gasteiger partial charge < -0.3 is 24.0 Å². The molecule has 0 radical (unpaired) electrons. The van der Waals surface area contributed by atoms with Crippen LogP contribution in [0.25, 0.3) is 6.08 Å². The molecule has 2 aliphatic heterocycles. The van der Waals surface area contributed by atoms with Gasteiger partial charge in [-0.15, -0.1) is 0 Å². The van der Waals surface area contributed by atoms with Gasteiger partial charge in [-0.25, -0.2) is 0 Å². The van der Waals surface area contributed by atoms with E-state index in [0.717, 1.165) is 43.5 Å². The van der Waals surface area contributed by atoms with E-state index in [9.17, 15) is 4.79 Å². The van der Waals surface area contributed by atoms with Crippen molar-refractivity contribution in [2.75, 3.05) is 54.1 Å². The van der Waals surface area contributed by atoms with Crippen LogP contribution in [0.2, 0.25) is 0 Å². The molecule has 2 heterocycles. The highest BCUT2D eigenvalue weighted by atomic mass is 32.2. The summed E-state index contributed by atoms with van der Waals surface area (Å²) in [6, 6.07) is 3.64. The fraction of sp³-hybridized carbons (Fsp3) is 0.474. The second kappa shape index (κ2) is 8.67. The molecular formula is C19H25N3O4S. The van der Waals surface area contributed by atoms with Crippen LogP contribution in [0.1, 0.15) is 12.5 Å². The predicted molar refractivity (Wildman–Crippen MR) is 108 cm³/mol. The van der Waals surface area contributed by atoms with Crippen LogP contribution in [-0.2, 0) is 4.79 Å². The SMILES string of the molecule is CCN1CCN(C2=NC(=O)C(=Cc3cc(OC)c(OC)c(OC)c3)S2)CC1. The smallest absolute Gasteiger partial charge is 0.286 e. The Kier molecular flexibility index (Phi) is 6.28. The Morgan fingerprint density at radius 3 is 2.22 bits per heavy atom. The van der Waals surface area contributed by atoms with Crippen molar-refractivity contribution < 1.29 is 19.0 Å². The molecule has 0 unspecified atom stereocenters. The van der Waals surface area contributed by atoms with E-state index in [0.29, 0.717) is 22.2 Å². The summed E-state index contributed by atoms with van der Waals surface area (Å²) in [7, 11) is 4.70. The molecular weight excluding hydrogens is 366 g/mol. The number of hydrogen-bond donors (Lipinski definition) is 0. The summed E-state index contributed by atoms with van der Waals surface area (Å²) >= 11 is 1.42. The molecule has 0 aliphatic carbocycles. The van der Waals surface area contributed by atoms with Gasteiger partial charge in [0.05, 0.1) is 26.2 Å². The maximum absolute atomic E-state index is 12.4. The minimum Gasteiger partial charge on any atom is -0.493 e. The number of piperazine rings is 1. The van der Waals surface area contributed by atoms with Crippen molar-refractivity contribution in [3.63, 3.8) is 0 Å². The van der Waals surface area contributed by atoms with Crippen LogP contribution in [-0.4, -0.2) is 74.9 Å². The Morgan fingerprint density at radius 1 is 1.07 bits per heavy atom. The molecule has 0 aromatic heterocycles. The number of thioether (sulfide) groups is 1. The first-order valence-electron chi connectivity index (χ1n) is 8.89. The minimum atomic E-state index is -0.207. The van der Waals surface area contributed by atoms with Crippen LogP contribution >= 0.6 is 11.8 Å². The third kappa shape index (κ3) is 4.22. The van der Waals surface area contributed by atoms with E-state index in [1.54, 1.807) is 21.3 Å². The normalized spacial score (nSPS) is 19.4. The molecule has 146 valence electrons. The molecule has 1 saturated heterocycles. The fourth-order valence-corrected chi connectivity index (χ4v) is 4.09. The Labute approximate surface area is 164 Å². The number of likely N-dealkylation sites (N-methyl/N-ethyl adjacent to an activating group) is 1. The van der Waals surface area contributed by atoms with E-state index in [1.807, 2.05) is 18.2 Å². The van der Waals surface area contributed by atoms with Gasteiger partial charge >= 0.3 is 0 Å². The molecule has 0 N–H and O–H groups in total. The lowest BCUT2D eigenvalue weighted by atomic mass is 10.1. The molecule has 0 bridgehead atoms. The quantitative estimate of drug-likeness (QED) is 0.714. The summed E-state index contributed by atoms with van der Waals surface area (Å²) in [6.07, 6.45) is 1.82. The Hall–Kier alpha value is -2.19. The molecule has 0 spiro atoms. The number of benzene rings is 1. The second-order valence-corrected chi connectivity index (χ2v) is 7.20. The molecule has 1 aromatic rings. The van der Waals surface area contributed by atoms with Crippen LogP contribution in [0.3, 0.4) is 0 Å². The molecule has 8 heteroatoms. The van der Waals surface area contributed by atoms with Crippen LogP contribution in [0.4, 0.5) is 0 Å². The summed E-state index contributed by atoms with van der Waals surface area (Å²) in [6.45, 7) is 7.00. The van der Waals surface area contributed by atoms with Crippen molar-refractivity contribution in [3.05, 3.63) is 22.6 Å². The molecule has 27 heavy (non-hydrogen) atoms. The van der Waals surface area contributed by atoms with Crippen molar-refractivity contribution in [3.8, 4) is 17.2 Å². The first-order valence-corrected chi connectivity index (χ1v) is 9.71. The number of ether oxygens (including phenoxy) is 3. The zero-order valence-electron chi connectivity index (χ0n) is 16.2. The second-order valence-electron chi connectivity index (χ2n) is 6.19. The van der Waals surface area contributed by atoms with Gasteiger partial charge in [-0.3, -0.25) is 4.79 Å². The third-order valence-electron chi connectivity index (χ3n) is 4.68. The van der Waals surface area contributed by atoms with E-state index in [1.165, 1.54) is 11.8 Å². The lowest BCUT2D eigenvalue weighted by Crippen LogP contribution is -2.47. The highest BCUT2D eigenvalue weighted by molar-refractivity contribution is 8.18. The van der Waals surface area contributed by atoms with E-state index in [4.69, 9.17) is 14.2 Å². The van der Waals surface area contributed by atoms with E-state index in [2.05, 4.69) is 21.7 Å². The van der Waals surface area contributed by atoms with Crippen molar-refractivity contribution in [1.82, 2.24) is 9.80 Å². The van der Waals surface area contributed by atoms with Gasteiger partial charge in [0.25, 0.3) is 5.91 Å². The van der Waals surface area contributed by atoms with Crippen molar-refractivity contribution in [2.45, 2.75) is 6.92 Å². The molecule has 0 atom stereocenters. The largest absolute Gasteiger partial charge is 0.493 e. The summed E-state index contributed by atoms with van der Waals surface area (Å²) in [5.41, 5.74) is 0.799. The summed E-state index contributed by atoms with van der Waals surface area (Å²) in [5, 5.41) is 0.787. The third-order valence-corrected chi connectivity index (χ3v) is 5.73. The fourth-order valence-electron chi connectivity index (χ4n) is 3.12. The highest BCUT2D eigenvalue weighted by Gasteiger charge is 2.28. The van der Waals surface area contributed by atoms with Crippen molar-refractivity contribution in [1.29, 1.82) is 0 Å². The predicted octanol–water partition coefficient (Wildman–Crippen LogP) is 2.32. The number of amidine groups is 1. The monoisotopic (exact) mass is 391 g/mol. The standard InChI is InChI=1S/C19H25N3O4S/c1-5-21-6-8-22(9-7-21)19-20-18(23)16(27-19)12-13-10-14(24-2)17(26-4)15(11-13)25-3/h10-12H,5-9H2,1-4H3.